The molecule has 1 saturated carbocycles. The van der Waals surface area contributed by atoms with Gasteiger partial charge in [0, 0.05) is 6.42 Å². The lowest BCUT2D eigenvalue weighted by molar-refractivity contribution is -0.138. The van der Waals surface area contributed by atoms with E-state index >= 15 is 0 Å². The molecule has 31 heavy (non-hydrogen) atoms. The van der Waals surface area contributed by atoms with E-state index in [1.807, 2.05) is 18.2 Å². The van der Waals surface area contributed by atoms with Crippen molar-refractivity contribution in [1.82, 2.24) is 0 Å². The Morgan fingerprint density at radius 2 is 2.06 bits per heavy atom. The van der Waals surface area contributed by atoms with Gasteiger partial charge in [-0.3, -0.25) is 9.59 Å². The van der Waals surface area contributed by atoms with E-state index in [0.717, 1.165) is 12.1 Å². The molecule has 1 fully saturated rings. The van der Waals surface area contributed by atoms with Crippen LogP contribution in [0.5, 0.6) is 0 Å². The van der Waals surface area contributed by atoms with Crippen LogP contribution in [0.4, 0.5) is 13.2 Å². The van der Waals surface area contributed by atoms with Crippen LogP contribution in [0, 0.1) is 23.2 Å². The van der Waals surface area contributed by atoms with E-state index in [1.54, 1.807) is 6.08 Å². The first-order valence-electron chi connectivity index (χ1n) is 10.3. The van der Waals surface area contributed by atoms with E-state index < -0.39 is 35.1 Å². The van der Waals surface area contributed by atoms with Gasteiger partial charge >= 0.3 is 12.1 Å². The summed E-state index contributed by atoms with van der Waals surface area (Å²) in [6, 6.07) is 4.64. The number of benzene rings is 1. The average molecular weight is 437 g/mol. The van der Waals surface area contributed by atoms with E-state index in [9.17, 15) is 27.9 Å². The monoisotopic (exact) mass is 437 g/mol. The molecule has 5 nitrogen and oxygen atoms in total. The Morgan fingerprint density at radius 3 is 2.71 bits per heavy atom. The maximum atomic E-state index is 13.0. The first-order chi connectivity index (χ1) is 14.5. The van der Waals surface area contributed by atoms with Crippen LogP contribution in [0.3, 0.4) is 0 Å². The third kappa shape index (κ3) is 4.84. The summed E-state index contributed by atoms with van der Waals surface area (Å²) in [7, 11) is 0. The number of carbonyl (C=O) groups is 2. The molecule has 2 aliphatic rings. The summed E-state index contributed by atoms with van der Waals surface area (Å²) in [5, 5.41) is 19.5. The zero-order valence-electron chi connectivity index (χ0n) is 16.9. The predicted octanol–water partition coefficient (Wildman–Crippen LogP) is 4.23. The Balaban J connectivity index is 1.78. The third-order valence-electron chi connectivity index (χ3n) is 6.48. The number of rotatable bonds is 9. The molecule has 0 saturated heterocycles. The molecule has 3 rings (SSSR count). The molecule has 2 bridgehead atoms. The van der Waals surface area contributed by atoms with Crippen molar-refractivity contribution < 1.29 is 33.0 Å². The maximum Gasteiger partial charge on any atom is 0.416 e. The summed E-state index contributed by atoms with van der Waals surface area (Å²) in [6.07, 6.45) is 3.50. The molecule has 0 spiro atoms. The number of nitrogens with two attached hydrogens (primary N) is 1. The van der Waals surface area contributed by atoms with Crippen molar-refractivity contribution in [2.45, 2.75) is 44.4 Å². The predicted molar refractivity (Wildman–Crippen MR) is 108 cm³/mol. The molecule has 1 aromatic rings. The number of carboxylic acids is 1. The van der Waals surface area contributed by atoms with Crippen molar-refractivity contribution in [2.24, 2.45) is 28.9 Å². The number of carbonyl (C=O) groups excluding carboxylic acids is 1. The number of alkyl halides is 3. The van der Waals surface area contributed by atoms with Crippen LogP contribution in [0.25, 0.3) is 0 Å². The van der Waals surface area contributed by atoms with Crippen molar-refractivity contribution in [3.8, 4) is 0 Å². The highest BCUT2D eigenvalue weighted by Gasteiger charge is 2.57. The molecule has 5 atom stereocenters. The minimum atomic E-state index is -4.50. The van der Waals surface area contributed by atoms with Crippen molar-refractivity contribution in [3.05, 3.63) is 59.7 Å². The van der Waals surface area contributed by atoms with Gasteiger partial charge in [0.2, 0.25) is 5.91 Å². The van der Waals surface area contributed by atoms with Gasteiger partial charge in [0.25, 0.3) is 0 Å². The molecule has 0 heterocycles. The lowest BCUT2D eigenvalue weighted by Crippen LogP contribution is -2.39. The zero-order valence-corrected chi connectivity index (χ0v) is 16.9. The fourth-order valence-corrected chi connectivity index (χ4v) is 4.92. The van der Waals surface area contributed by atoms with Crippen LogP contribution in [0.2, 0.25) is 0 Å². The van der Waals surface area contributed by atoms with E-state index in [0.29, 0.717) is 19.3 Å². The lowest BCUT2D eigenvalue weighted by atomic mass is 9.71. The van der Waals surface area contributed by atoms with E-state index in [2.05, 4.69) is 0 Å². The smallest absolute Gasteiger partial charge is 0.416 e. The Labute approximate surface area is 178 Å². The average Bonchev–Trinajstić information content (AvgIpc) is 3.26. The molecular weight excluding hydrogens is 411 g/mol. The number of halogens is 3. The number of allylic oxidation sites excluding steroid dienone is 3. The van der Waals surface area contributed by atoms with Gasteiger partial charge in [0.05, 0.1) is 17.1 Å². The summed E-state index contributed by atoms with van der Waals surface area (Å²) in [4.78, 5) is 23.0. The number of aliphatic hydroxyl groups is 1. The van der Waals surface area contributed by atoms with Gasteiger partial charge in [-0.25, -0.2) is 0 Å². The third-order valence-corrected chi connectivity index (χ3v) is 6.48. The minimum Gasteiger partial charge on any atom is -0.481 e. The van der Waals surface area contributed by atoms with Crippen LogP contribution in [0.1, 0.15) is 49.3 Å². The number of fused-ring (bicyclic) bond motifs is 2. The normalized spacial score (nSPS) is 28.3. The molecule has 2 aliphatic carbocycles. The molecule has 4 N–H and O–H groups in total. The molecular formula is C23H26F3NO4. The number of aliphatic hydroxyl groups excluding tert-OH is 1. The van der Waals surface area contributed by atoms with Gasteiger partial charge in [-0.1, -0.05) is 36.4 Å². The van der Waals surface area contributed by atoms with Gasteiger partial charge in [0.15, 0.2) is 0 Å². The Morgan fingerprint density at radius 1 is 1.32 bits per heavy atom. The molecule has 5 unspecified atom stereocenters. The SMILES string of the molecule is NC(=O)C12C=CC(C1)C(CC(O)c1cccc(C(F)(F)F)c1)C2C=CCCCC(=O)O. The molecule has 0 aromatic heterocycles. The van der Waals surface area contributed by atoms with Crippen LogP contribution in [-0.2, 0) is 15.8 Å². The standard InChI is InChI=1S/C23H26F3NO4/c24-23(25,26)16-6-4-5-14(11-16)19(28)12-17-15-9-10-22(13-15,21(27)31)18(17)7-2-1-3-8-20(29)30/h2,4-7,9-11,15,17-19,28H,1,3,8,12-13H2,(H2,27,31)(H,29,30). The second-order valence-corrected chi connectivity index (χ2v) is 8.41. The Bertz CT molecular complexity index is 895. The van der Waals surface area contributed by atoms with Gasteiger partial charge in [-0.15, -0.1) is 0 Å². The Kier molecular flexibility index (Phi) is 6.59. The topological polar surface area (TPSA) is 101 Å². The van der Waals surface area contributed by atoms with Gasteiger partial charge in [0.1, 0.15) is 0 Å². The van der Waals surface area contributed by atoms with Crippen LogP contribution in [-0.4, -0.2) is 22.1 Å². The molecule has 0 radical (unpaired) electrons. The van der Waals surface area contributed by atoms with Crippen molar-refractivity contribution >= 4 is 11.9 Å². The minimum absolute atomic E-state index is 0.0124. The molecule has 1 amide bonds. The van der Waals surface area contributed by atoms with Gasteiger partial charge < -0.3 is 15.9 Å². The quantitative estimate of drug-likeness (QED) is 0.397. The van der Waals surface area contributed by atoms with Gasteiger partial charge in [-0.05, 0) is 61.1 Å². The fraction of sp³-hybridized carbons (Fsp3) is 0.478. The first kappa shape index (κ1) is 23.1. The summed E-state index contributed by atoms with van der Waals surface area (Å²) in [5.74, 6) is -1.83. The molecule has 0 aliphatic heterocycles. The summed E-state index contributed by atoms with van der Waals surface area (Å²) < 4.78 is 39.1. The summed E-state index contributed by atoms with van der Waals surface area (Å²) in [5.41, 5.74) is 4.19. The summed E-state index contributed by atoms with van der Waals surface area (Å²) in [6.45, 7) is 0. The number of amides is 1. The van der Waals surface area contributed by atoms with Crippen molar-refractivity contribution in [3.63, 3.8) is 0 Å². The second-order valence-electron chi connectivity index (χ2n) is 8.41. The second kappa shape index (κ2) is 8.86. The van der Waals surface area contributed by atoms with E-state index in [-0.39, 0.29) is 36.2 Å². The fourth-order valence-electron chi connectivity index (χ4n) is 4.92. The highest BCUT2D eigenvalue weighted by molar-refractivity contribution is 5.85. The number of carboxylic acid groups (broad SMARTS) is 1. The highest BCUT2D eigenvalue weighted by atomic mass is 19.4. The summed E-state index contributed by atoms with van der Waals surface area (Å²) >= 11 is 0. The van der Waals surface area contributed by atoms with Crippen LogP contribution < -0.4 is 5.73 Å². The highest BCUT2D eigenvalue weighted by Crippen LogP contribution is 2.59. The number of hydrogen-bond donors (Lipinski definition) is 3. The van der Waals surface area contributed by atoms with Gasteiger partial charge in [-0.2, -0.15) is 13.2 Å². The molecule has 8 heteroatoms. The van der Waals surface area contributed by atoms with E-state index in [4.69, 9.17) is 10.8 Å². The molecule has 1 aromatic carbocycles. The number of aliphatic carboxylic acids is 1. The maximum absolute atomic E-state index is 13.0. The lowest BCUT2D eigenvalue weighted by Gasteiger charge is -2.33. The number of primary amides is 1. The van der Waals surface area contributed by atoms with Crippen molar-refractivity contribution in [2.75, 3.05) is 0 Å². The molecule has 168 valence electrons. The van der Waals surface area contributed by atoms with Crippen LogP contribution >= 0.6 is 0 Å². The number of unbranched alkanes of at least 4 members (excludes halogenated alkanes) is 1. The largest absolute Gasteiger partial charge is 0.481 e. The first-order valence-corrected chi connectivity index (χ1v) is 10.3. The Hall–Kier alpha value is -2.61. The van der Waals surface area contributed by atoms with Crippen LogP contribution in [0.15, 0.2) is 48.6 Å². The zero-order chi connectivity index (χ0) is 22.8. The number of hydrogen-bond acceptors (Lipinski definition) is 3. The van der Waals surface area contributed by atoms with E-state index in [1.165, 1.54) is 12.1 Å². The van der Waals surface area contributed by atoms with Crippen molar-refractivity contribution in [1.29, 1.82) is 0 Å².